The predicted molar refractivity (Wildman–Crippen MR) is 69.5 cm³/mol. The van der Waals surface area contributed by atoms with Crippen LogP contribution in [0.2, 0.25) is 0 Å². The third kappa shape index (κ3) is 3.71. The average Bonchev–Trinajstić information content (AvgIpc) is 2.39. The Morgan fingerprint density at radius 1 is 1.38 bits per heavy atom. The van der Waals surface area contributed by atoms with Crippen molar-refractivity contribution in [2.24, 2.45) is 0 Å². The summed E-state index contributed by atoms with van der Waals surface area (Å²) in [6.07, 6.45) is -3.40. The molecule has 1 aromatic heterocycles. The summed E-state index contributed by atoms with van der Waals surface area (Å²) in [5, 5.41) is 1.88. The first-order chi connectivity index (χ1) is 9.76. The number of nitrogens with zero attached hydrogens (tertiary/aromatic N) is 2. The standard InChI is InChI=1S/C12H11F3N4O2/c13-12(14,15)5-17-10(20)4-19-6-18-9-2-1-7(16)3-8(9)11(19)21/h1-3,6H,4-5,16H2,(H,17,20). The predicted octanol–water partition coefficient (Wildman–Crippen LogP) is 0.657. The van der Waals surface area contributed by atoms with E-state index in [9.17, 15) is 22.8 Å². The van der Waals surface area contributed by atoms with E-state index < -0.39 is 30.7 Å². The SMILES string of the molecule is Nc1ccc2ncn(CC(=O)NCC(F)(F)F)c(=O)c2c1. The van der Waals surface area contributed by atoms with Crippen LogP contribution in [0.4, 0.5) is 18.9 Å². The van der Waals surface area contributed by atoms with Crippen molar-refractivity contribution in [3.63, 3.8) is 0 Å². The molecule has 0 saturated heterocycles. The Labute approximate surface area is 116 Å². The van der Waals surface area contributed by atoms with Gasteiger partial charge in [-0.05, 0) is 18.2 Å². The first-order valence-corrected chi connectivity index (χ1v) is 5.84. The van der Waals surface area contributed by atoms with Gasteiger partial charge in [-0.3, -0.25) is 14.2 Å². The molecular formula is C12H11F3N4O2. The summed E-state index contributed by atoms with van der Waals surface area (Å²) in [5.74, 6) is -0.931. The van der Waals surface area contributed by atoms with E-state index in [2.05, 4.69) is 4.98 Å². The maximum absolute atomic E-state index is 12.1. The molecule has 21 heavy (non-hydrogen) atoms. The molecule has 112 valence electrons. The van der Waals surface area contributed by atoms with Crippen LogP contribution in [0.5, 0.6) is 0 Å². The molecule has 6 nitrogen and oxygen atoms in total. The van der Waals surface area contributed by atoms with E-state index in [0.717, 1.165) is 10.9 Å². The largest absolute Gasteiger partial charge is 0.405 e. The lowest BCUT2D eigenvalue weighted by Crippen LogP contribution is -2.37. The van der Waals surface area contributed by atoms with Gasteiger partial charge in [0.05, 0.1) is 17.2 Å². The zero-order chi connectivity index (χ0) is 15.6. The molecule has 1 heterocycles. The zero-order valence-corrected chi connectivity index (χ0v) is 10.6. The van der Waals surface area contributed by atoms with Crippen LogP contribution in [0.3, 0.4) is 0 Å². The Bertz CT molecular complexity index is 739. The second-order valence-corrected chi connectivity index (χ2v) is 4.35. The third-order valence-corrected chi connectivity index (χ3v) is 2.65. The molecule has 0 aliphatic heterocycles. The van der Waals surface area contributed by atoms with Crippen molar-refractivity contribution in [2.75, 3.05) is 12.3 Å². The number of rotatable bonds is 3. The summed E-state index contributed by atoms with van der Waals surface area (Å²) >= 11 is 0. The van der Waals surface area contributed by atoms with Crippen LogP contribution < -0.4 is 16.6 Å². The second kappa shape index (κ2) is 5.43. The van der Waals surface area contributed by atoms with Gasteiger partial charge >= 0.3 is 6.18 Å². The van der Waals surface area contributed by atoms with Crippen molar-refractivity contribution in [3.05, 3.63) is 34.9 Å². The van der Waals surface area contributed by atoms with Crippen LogP contribution in [-0.2, 0) is 11.3 Å². The third-order valence-electron chi connectivity index (χ3n) is 2.65. The molecule has 0 bridgehead atoms. The number of nitrogen functional groups attached to an aromatic ring is 1. The van der Waals surface area contributed by atoms with Crippen molar-refractivity contribution in [1.29, 1.82) is 0 Å². The van der Waals surface area contributed by atoms with E-state index >= 15 is 0 Å². The molecule has 1 amide bonds. The van der Waals surface area contributed by atoms with Gasteiger partial charge in [-0.15, -0.1) is 0 Å². The number of anilines is 1. The summed E-state index contributed by atoms with van der Waals surface area (Å²) in [6, 6.07) is 4.50. The molecule has 0 aliphatic rings. The lowest BCUT2D eigenvalue weighted by molar-refractivity contribution is -0.138. The number of carbonyl (C=O) groups is 1. The molecule has 0 fully saturated rings. The number of aromatic nitrogens is 2. The van der Waals surface area contributed by atoms with Gasteiger partial charge in [0.25, 0.3) is 5.56 Å². The summed E-state index contributed by atoms with van der Waals surface area (Å²) in [6.45, 7) is -2.00. The van der Waals surface area contributed by atoms with Crippen molar-refractivity contribution in [1.82, 2.24) is 14.9 Å². The highest BCUT2D eigenvalue weighted by atomic mass is 19.4. The normalized spacial score (nSPS) is 11.6. The average molecular weight is 300 g/mol. The fourth-order valence-electron chi connectivity index (χ4n) is 1.70. The number of fused-ring (bicyclic) bond motifs is 1. The number of nitrogens with one attached hydrogen (secondary N) is 1. The molecule has 9 heteroatoms. The van der Waals surface area contributed by atoms with E-state index in [1.807, 2.05) is 0 Å². The van der Waals surface area contributed by atoms with Crippen LogP contribution >= 0.6 is 0 Å². The smallest absolute Gasteiger partial charge is 0.399 e. The van der Waals surface area contributed by atoms with Crippen molar-refractivity contribution >= 4 is 22.5 Å². The van der Waals surface area contributed by atoms with Crippen molar-refractivity contribution in [3.8, 4) is 0 Å². The molecule has 1 aromatic carbocycles. The van der Waals surface area contributed by atoms with E-state index in [1.165, 1.54) is 6.07 Å². The quantitative estimate of drug-likeness (QED) is 0.815. The number of hydrogen-bond donors (Lipinski definition) is 2. The van der Waals surface area contributed by atoms with Gasteiger partial charge in [0.1, 0.15) is 13.1 Å². The van der Waals surface area contributed by atoms with Crippen LogP contribution in [0.1, 0.15) is 0 Å². The minimum atomic E-state index is -4.50. The number of nitrogens with two attached hydrogens (primary N) is 1. The van der Waals surface area contributed by atoms with Gasteiger partial charge in [-0.1, -0.05) is 0 Å². The summed E-state index contributed by atoms with van der Waals surface area (Å²) in [7, 11) is 0. The van der Waals surface area contributed by atoms with Crippen molar-refractivity contribution < 1.29 is 18.0 Å². The number of benzene rings is 1. The van der Waals surface area contributed by atoms with Gasteiger partial charge in [0, 0.05) is 5.69 Å². The lowest BCUT2D eigenvalue weighted by Gasteiger charge is -2.10. The second-order valence-electron chi connectivity index (χ2n) is 4.35. The number of amides is 1. The molecule has 0 spiro atoms. The summed E-state index contributed by atoms with van der Waals surface area (Å²) in [4.78, 5) is 27.4. The number of halogens is 3. The van der Waals surface area contributed by atoms with E-state index in [-0.39, 0.29) is 5.39 Å². The molecule has 0 aliphatic carbocycles. The highest BCUT2D eigenvalue weighted by Crippen LogP contribution is 2.12. The Kier molecular flexibility index (Phi) is 3.83. The molecule has 0 atom stereocenters. The molecular weight excluding hydrogens is 289 g/mol. The van der Waals surface area contributed by atoms with Crippen LogP contribution in [0, 0.1) is 0 Å². The Morgan fingerprint density at radius 3 is 2.76 bits per heavy atom. The van der Waals surface area contributed by atoms with E-state index in [4.69, 9.17) is 5.73 Å². The first-order valence-electron chi connectivity index (χ1n) is 5.84. The molecule has 0 saturated carbocycles. The van der Waals surface area contributed by atoms with E-state index in [1.54, 1.807) is 17.4 Å². The molecule has 3 N–H and O–H groups in total. The maximum atomic E-state index is 12.1. The fraction of sp³-hybridized carbons (Fsp3) is 0.250. The van der Waals surface area contributed by atoms with Gasteiger partial charge < -0.3 is 11.1 Å². The number of hydrogen-bond acceptors (Lipinski definition) is 4. The van der Waals surface area contributed by atoms with E-state index in [0.29, 0.717) is 11.2 Å². The highest BCUT2D eigenvalue weighted by Gasteiger charge is 2.27. The maximum Gasteiger partial charge on any atom is 0.405 e. The first kappa shape index (κ1) is 14.8. The molecule has 2 aromatic rings. The summed E-state index contributed by atoms with van der Waals surface area (Å²) in [5.41, 5.74) is 5.75. The number of alkyl halides is 3. The topological polar surface area (TPSA) is 90.0 Å². The molecule has 2 rings (SSSR count). The fourth-order valence-corrected chi connectivity index (χ4v) is 1.70. The van der Waals surface area contributed by atoms with Crippen LogP contribution in [0.15, 0.2) is 29.3 Å². The minimum Gasteiger partial charge on any atom is -0.399 e. The highest BCUT2D eigenvalue weighted by molar-refractivity contribution is 5.81. The summed E-state index contributed by atoms with van der Waals surface area (Å²) < 4.78 is 36.9. The minimum absolute atomic E-state index is 0.195. The van der Waals surface area contributed by atoms with Crippen LogP contribution in [0.25, 0.3) is 10.9 Å². The van der Waals surface area contributed by atoms with Crippen molar-refractivity contribution in [2.45, 2.75) is 12.7 Å². The Balaban J connectivity index is 2.21. The van der Waals surface area contributed by atoms with Gasteiger partial charge in [0.2, 0.25) is 5.91 Å². The van der Waals surface area contributed by atoms with Crippen LogP contribution in [-0.4, -0.2) is 28.2 Å². The Morgan fingerprint density at radius 2 is 2.10 bits per heavy atom. The van der Waals surface area contributed by atoms with Gasteiger partial charge in [-0.25, -0.2) is 4.98 Å². The molecule has 0 unspecified atom stereocenters. The zero-order valence-electron chi connectivity index (χ0n) is 10.6. The lowest BCUT2D eigenvalue weighted by atomic mass is 10.2. The molecule has 0 radical (unpaired) electrons. The van der Waals surface area contributed by atoms with Gasteiger partial charge in [0.15, 0.2) is 0 Å². The van der Waals surface area contributed by atoms with Gasteiger partial charge in [-0.2, -0.15) is 13.2 Å². The Hall–Kier alpha value is -2.58. The monoisotopic (exact) mass is 300 g/mol. The number of carbonyl (C=O) groups excluding carboxylic acids is 1.